The van der Waals surface area contributed by atoms with Crippen LogP contribution in [0.4, 0.5) is 0 Å². The van der Waals surface area contributed by atoms with Gasteiger partial charge in [-0.15, -0.1) is 0 Å². The molecule has 0 aliphatic carbocycles. The fraction of sp³-hybridized carbons (Fsp3) is 0.933. The van der Waals surface area contributed by atoms with Gasteiger partial charge in [-0.05, 0) is 32.7 Å². The molecular weight excluding hydrogens is 254 g/mol. The van der Waals surface area contributed by atoms with Crippen LogP contribution in [0.25, 0.3) is 0 Å². The lowest BCUT2D eigenvalue weighted by molar-refractivity contribution is -0.138. The van der Waals surface area contributed by atoms with Crippen LogP contribution in [-0.2, 0) is 9.53 Å². The summed E-state index contributed by atoms with van der Waals surface area (Å²) in [4.78, 5) is 17.0. The van der Waals surface area contributed by atoms with Crippen LogP contribution >= 0.6 is 0 Å². The second kappa shape index (κ2) is 7.96. The number of likely N-dealkylation sites (tertiary alicyclic amines) is 1. The van der Waals surface area contributed by atoms with Crippen molar-refractivity contribution in [3.8, 4) is 0 Å². The molecule has 2 aliphatic rings. The fourth-order valence-corrected chi connectivity index (χ4v) is 3.10. The molecule has 20 heavy (non-hydrogen) atoms. The molecule has 0 aromatic heterocycles. The van der Waals surface area contributed by atoms with Gasteiger partial charge in [-0.3, -0.25) is 9.69 Å². The Kier molecular flexibility index (Phi) is 6.26. The maximum absolute atomic E-state index is 12.5. The highest BCUT2D eigenvalue weighted by molar-refractivity contribution is 5.82. The molecule has 5 nitrogen and oxygen atoms in total. The first-order chi connectivity index (χ1) is 9.72. The molecule has 2 saturated heterocycles. The monoisotopic (exact) mass is 283 g/mol. The molecule has 0 radical (unpaired) electrons. The summed E-state index contributed by atoms with van der Waals surface area (Å²) in [5.41, 5.74) is 0. The van der Waals surface area contributed by atoms with Crippen LogP contribution in [0, 0.1) is 0 Å². The van der Waals surface area contributed by atoms with Gasteiger partial charge in [-0.2, -0.15) is 0 Å². The summed E-state index contributed by atoms with van der Waals surface area (Å²) in [6, 6.07) is 0.336. The smallest absolute Gasteiger partial charge is 0.239 e. The minimum Gasteiger partial charge on any atom is -0.379 e. The van der Waals surface area contributed by atoms with Gasteiger partial charge in [0.15, 0.2) is 0 Å². The lowest BCUT2D eigenvalue weighted by Gasteiger charge is -2.39. The maximum Gasteiger partial charge on any atom is 0.239 e. The molecule has 2 atom stereocenters. The topological polar surface area (TPSA) is 44.8 Å². The summed E-state index contributed by atoms with van der Waals surface area (Å²) in [6.45, 7) is 10.7. The van der Waals surface area contributed by atoms with Gasteiger partial charge in [-0.25, -0.2) is 0 Å². The van der Waals surface area contributed by atoms with Crippen molar-refractivity contribution < 1.29 is 9.53 Å². The van der Waals surface area contributed by atoms with E-state index in [0.29, 0.717) is 11.9 Å². The fourth-order valence-electron chi connectivity index (χ4n) is 3.10. The Balaban J connectivity index is 1.84. The van der Waals surface area contributed by atoms with Crippen LogP contribution in [0.2, 0.25) is 0 Å². The third kappa shape index (κ3) is 4.17. The number of carbonyl (C=O) groups is 1. The summed E-state index contributed by atoms with van der Waals surface area (Å²) in [6.07, 6.45) is 3.17. The second-order valence-electron chi connectivity index (χ2n) is 5.94. The van der Waals surface area contributed by atoms with Crippen LogP contribution < -0.4 is 5.32 Å². The molecular formula is C15H29N3O2. The zero-order valence-corrected chi connectivity index (χ0v) is 12.9. The Labute approximate surface area is 122 Å². The number of carbonyl (C=O) groups excluding carboxylic acids is 1. The van der Waals surface area contributed by atoms with Crippen molar-refractivity contribution in [3.05, 3.63) is 0 Å². The summed E-state index contributed by atoms with van der Waals surface area (Å²) in [7, 11) is 0. The molecule has 1 amide bonds. The van der Waals surface area contributed by atoms with Gasteiger partial charge in [0.25, 0.3) is 0 Å². The largest absolute Gasteiger partial charge is 0.379 e. The highest BCUT2D eigenvalue weighted by atomic mass is 16.5. The van der Waals surface area contributed by atoms with E-state index in [2.05, 4.69) is 29.0 Å². The lowest BCUT2D eigenvalue weighted by atomic mass is 10.0. The zero-order chi connectivity index (χ0) is 14.4. The van der Waals surface area contributed by atoms with Crippen molar-refractivity contribution in [2.24, 2.45) is 0 Å². The van der Waals surface area contributed by atoms with Gasteiger partial charge in [0, 0.05) is 32.2 Å². The standard InChI is InChI=1S/C15H29N3O2/c1-3-6-16-14-5-4-7-18(15(14)19)13(2)12-17-8-10-20-11-9-17/h13-14,16H,3-12H2,1-2H3. The van der Waals surface area contributed by atoms with Crippen molar-refractivity contribution in [2.45, 2.75) is 45.2 Å². The number of piperidine rings is 1. The first kappa shape index (κ1) is 15.7. The first-order valence-corrected chi connectivity index (χ1v) is 8.06. The van der Waals surface area contributed by atoms with Gasteiger partial charge in [0.2, 0.25) is 5.91 Å². The molecule has 116 valence electrons. The molecule has 2 unspecified atom stereocenters. The van der Waals surface area contributed by atoms with Gasteiger partial charge in [0.1, 0.15) is 0 Å². The average molecular weight is 283 g/mol. The van der Waals surface area contributed by atoms with Gasteiger partial charge in [-0.1, -0.05) is 6.92 Å². The van der Waals surface area contributed by atoms with E-state index >= 15 is 0 Å². The van der Waals surface area contributed by atoms with Crippen LogP contribution in [0.3, 0.4) is 0 Å². The van der Waals surface area contributed by atoms with Crippen LogP contribution in [0.5, 0.6) is 0 Å². The van der Waals surface area contributed by atoms with E-state index in [0.717, 1.165) is 65.2 Å². The predicted molar refractivity (Wildman–Crippen MR) is 79.7 cm³/mol. The van der Waals surface area contributed by atoms with E-state index < -0.39 is 0 Å². The van der Waals surface area contributed by atoms with Gasteiger partial charge < -0.3 is 15.0 Å². The molecule has 0 aromatic carbocycles. The van der Waals surface area contributed by atoms with Crippen LogP contribution in [0.1, 0.15) is 33.1 Å². The van der Waals surface area contributed by atoms with Crippen molar-refractivity contribution >= 4 is 5.91 Å². The number of nitrogens with zero attached hydrogens (tertiary/aromatic N) is 2. The molecule has 2 aliphatic heterocycles. The highest BCUT2D eigenvalue weighted by Crippen LogP contribution is 2.16. The van der Waals surface area contributed by atoms with E-state index in [1.807, 2.05) is 0 Å². The molecule has 2 fully saturated rings. The number of amides is 1. The summed E-state index contributed by atoms with van der Waals surface area (Å²) in [5.74, 6) is 0.297. The Hall–Kier alpha value is -0.650. The van der Waals surface area contributed by atoms with Gasteiger partial charge in [0.05, 0.1) is 19.3 Å². The van der Waals surface area contributed by atoms with Crippen LogP contribution in [0.15, 0.2) is 0 Å². The molecule has 0 bridgehead atoms. The van der Waals surface area contributed by atoms with Crippen molar-refractivity contribution in [2.75, 3.05) is 45.9 Å². The molecule has 5 heteroatoms. The number of rotatable bonds is 6. The molecule has 2 rings (SSSR count). The molecule has 0 aromatic rings. The van der Waals surface area contributed by atoms with E-state index in [1.54, 1.807) is 0 Å². The Morgan fingerprint density at radius 2 is 2.10 bits per heavy atom. The maximum atomic E-state index is 12.5. The summed E-state index contributed by atoms with van der Waals surface area (Å²) >= 11 is 0. The highest BCUT2D eigenvalue weighted by Gasteiger charge is 2.31. The van der Waals surface area contributed by atoms with Crippen molar-refractivity contribution in [1.29, 1.82) is 0 Å². The van der Waals surface area contributed by atoms with E-state index in [9.17, 15) is 4.79 Å². The third-order valence-electron chi connectivity index (χ3n) is 4.27. The quantitative estimate of drug-likeness (QED) is 0.779. The predicted octanol–water partition coefficient (Wildman–Crippen LogP) is 0.698. The van der Waals surface area contributed by atoms with Crippen molar-refractivity contribution in [3.63, 3.8) is 0 Å². The summed E-state index contributed by atoms with van der Waals surface area (Å²) in [5, 5.41) is 3.38. The van der Waals surface area contributed by atoms with E-state index in [4.69, 9.17) is 4.74 Å². The number of morpholine rings is 1. The molecule has 2 heterocycles. The molecule has 0 spiro atoms. The zero-order valence-electron chi connectivity index (χ0n) is 12.9. The minimum absolute atomic E-state index is 0.0378. The summed E-state index contributed by atoms with van der Waals surface area (Å²) < 4.78 is 5.38. The van der Waals surface area contributed by atoms with E-state index in [1.165, 1.54) is 0 Å². The minimum atomic E-state index is 0.0378. The van der Waals surface area contributed by atoms with Gasteiger partial charge >= 0.3 is 0 Å². The number of hydrogen-bond acceptors (Lipinski definition) is 4. The Morgan fingerprint density at radius 3 is 2.80 bits per heavy atom. The van der Waals surface area contributed by atoms with Crippen molar-refractivity contribution in [1.82, 2.24) is 15.1 Å². The van der Waals surface area contributed by atoms with E-state index in [-0.39, 0.29) is 6.04 Å². The SMILES string of the molecule is CCCNC1CCCN(C(C)CN2CCOCC2)C1=O. The third-order valence-corrected chi connectivity index (χ3v) is 4.27. The Bertz CT molecular complexity index is 305. The molecule has 0 saturated carbocycles. The lowest BCUT2D eigenvalue weighted by Crippen LogP contribution is -2.56. The number of nitrogens with one attached hydrogen (secondary N) is 1. The second-order valence-corrected chi connectivity index (χ2v) is 5.94. The first-order valence-electron chi connectivity index (χ1n) is 8.06. The van der Waals surface area contributed by atoms with Crippen LogP contribution in [-0.4, -0.2) is 73.7 Å². The Morgan fingerprint density at radius 1 is 1.35 bits per heavy atom. The normalized spacial score (nSPS) is 26.8. The number of hydrogen-bond donors (Lipinski definition) is 1. The average Bonchev–Trinajstić information content (AvgIpc) is 2.47. The molecule has 1 N–H and O–H groups in total. The number of ether oxygens (including phenoxy) is 1.